The molecule has 0 fully saturated rings. The van der Waals surface area contributed by atoms with E-state index < -0.39 is 15.9 Å². The van der Waals surface area contributed by atoms with Crippen LogP contribution in [0.4, 0.5) is 11.5 Å². The van der Waals surface area contributed by atoms with Gasteiger partial charge in [-0.05, 0) is 24.8 Å². The van der Waals surface area contributed by atoms with Gasteiger partial charge in [0.2, 0.25) is 10.0 Å². The number of thioether (sulfide) groups is 1. The predicted octanol–water partition coefficient (Wildman–Crippen LogP) is 2.64. The summed E-state index contributed by atoms with van der Waals surface area (Å²) in [5.74, 6) is -0.197. The molecule has 30 heavy (non-hydrogen) atoms. The van der Waals surface area contributed by atoms with Crippen molar-refractivity contribution in [2.75, 3.05) is 31.8 Å². The monoisotopic (exact) mass is 453 g/mol. The van der Waals surface area contributed by atoms with Crippen molar-refractivity contribution in [3.05, 3.63) is 29.5 Å². The molecule has 0 aliphatic rings. The van der Waals surface area contributed by atoms with Gasteiger partial charge < -0.3 is 15.8 Å². The first-order valence-electron chi connectivity index (χ1n) is 9.43. The third-order valence-corrected chi connectivity index (χ3v) is 7.11. The van der Waals surface area contributed by atoms with Crippen molar-refractivity contribution in [2.24, 2.45) is 5.73 Å². The number of ether oxygens (including phenoxy) is 1. The van der Waals surface area contributed by atoms with Crippen LogP contribution in [0.3, 0.4) is 0 Å². The third-order valence-electron chi connectivity index (χ3n) is 4.48. The molecule has 0 spiro atoms. The lowest BCUT2D eigenvalue weighted by atomic mass is 10.1. The van der Waals surface area contributed by atoms with Gasteiger partial charge in [-0.2, -0.15) is 4.31 Å². The van der Waals surface area contributed by atoms with Gasteiger partial charge in [0.05, 0.1) is 12.8 Å². The first-order valence-corrected chi connectivity index (χ1v) is 12.1. The van der Waals surface area contributed by atoms with Crippen LogP contribution in [0.2, 0.25) is 0 Å². The van der Waals surface area contributed by atoms with E-state index in [2.05, 4.69) is 15.3 Å². The number of nitrogens with two attached hydrogens (primary N) is 1. The van der Waals surface area contributed by atoms with Crippen LogP contribution in [-0.2, 0) is 16.4 Å². The molecule has 2 rings (SSSR count). The average Bonchev–Trinajstić information content (AvgIpc) is 2.73. The molecule has 0 saturated carbocycles. The second kappa shape index (κ2) is 10.1. The lowest BCUT2D eigenvalue weighted by Gasteiger charge is -2.20. The molecular formula is C19H27N5O4S2. The van der Waals surface area contributed by atoms with E-state index in [-0.39, 0.29) is 22.0 Å². The minimum absolute atomic E-state index is 0.0658. The molecule has 0 aliphatic carbocycles. The summed E-state index contributed by atoms with van der Waals surface area (Å²) < 4.78 is 32.5. The van der Waals surface area contributed by atoms with Crippen LogP contribution in [0.1, 0.15) is 36.8 Å². The predicted molar refractivity (Wildman–Crippen MR) is 118 cm³/mol. The Morgan fingerprint density at radius 2 is 1.90 bits per heavy atom. The topological polar surface area (TPSA) is 128 Å². The van der Waals surface area contributed by atoms with Gasteiger partial charge in [-0.3, -0.25) is 4.79 Å². The van der Waals surface area contributed by atoms with Crippen molar-refractivity contribution in [1.29, 1.82) is 0 Å². The minimum atomic E-state index is -3.70. The molecule has 0 radical (unpaired) electrons. The fourth-order valence-electron chi connectivity index (χ4n) is 2.98. The Bertz CT molecular complexity index is 1020. The maximum Gasteiger partial charge on any atom is 0.254 e. The number of aryl methyl sites for hydroxylation is 1. The van der Waals surface area contributed by atoms with Crippen molar-refractivity contribution < 1.29 is 17.9 Å². The van der Waals surface area contributed by atoms with Crippen LogP contribution in [0, 0.1) is 0 Å². The van der Waals surface area contributed by atoms with E-state index in [0.717, 1.165) is 0 Å². The number of carbonyl (C=O) groups excluding carboxylic acids is 1. The number of benzene rings is 1. The third kappa shape index (κ3) is 4.85. The first kappa shape index (κ1) is 23.9. The quantitative estimate of drug-likeness (QED) is 0.415. The smallest absolute Gasteiger partial charge is 0.254 e. The van der Waals surface area contributed by atoms with Crippen LogP contribution in [0.25, 0.3) is 0 Å². The summed E-state index contributed by atoms with van der Waals surface area (Å²) in [7, 11) is -2.30. The van der Waals surface area contributed by atoms with Gasteiger partial charge in [-0.15, -0.1) is 0 Å². The molecular weight excluding hydrogens is 426 g/mol. The summed E-state index contributed by atoms with van der Waals surface area (Å²) in [5.41, 5.74) is 6.80. The van der Waals surface area contributed by atoms with Gasteiger partial charge in [0.25, 0.3) is 5.91 Å². The summed E-state index contributed by atoms with van der Waals surface area (Å²) in [6, 6.07) is 4.61. The molecule has 2 aromatic rings. The van der Waals surface area contributed by atoms with Crippen LogP contribution in [-0.4, -0.2) is 55.1 Å². The van der Waals surface area contributed by atoms with E-state index in [0.29, 0.717) is 36.0 Å². The number of rotatable bonds is 10. The molecule has 1 amide bonds. The van der Waals surface area contributed by atoms with E-state index in [1.165, 1.54) is 29.2 Å². The molecule has 0 bridgehead atoms. The summed E-state index contributed by atoms with van der Waals surface area (Å²) in [6.07, 6.45) is 2.34. The first-order chi connectivity index (χ1) is 14.2. The van der Waals surface area contributed by atoms with Gasteiger partial charge >= 0.3 is 0 Å². The second-order valence-corrected chi connectivity index (χ2v) is 8.86. The Balaban J connectivity index is 2.55. The number of hydrogen-bond donors (Lipinski definition) is 2. The highest BCUT2D eigenvalue weighted by atomic mass is 32.2. The second-order valence-electron chi connectivity index (χ2n) is 6.18. The highest BCUT2D eigenvalue weighted by Crippen LogP contribution is 2.32. The molecule has 0 unspecified atom stereocenters. The maximum absolute atomic E-state index is 12.9. The van der Waals surface area contributed by atoms with Crippen LogP contribution >= 0.6 is 11.8 Å². The Morgan fingerprint density at radius 3 is 2.40 bits per heavy atom. The standard InChI is InChI=1S/C19H27N5O4S2/c1-6-13-16(17(20)25)18(23-19(22-13)29-5)21-12-9-10-15(14(11-12)28-4)30(26,27)24(7-2)8-3/h9-11H,6-8H2,1-5H3,(H2,20,25)(H,21,22,23). The van der Waals surface area contributed by atoms with Crippen LogP contribution in [0.5, 0.6) is 5.75 Å². The SMILES string of the molecule is CCc1nc(SC)nc(Nc2ccc(S(=O)(=O)N(CC)CC)c(OC)c2)c1C(N)=O. The number of sulfonamides is 1. The lowest BCUT2D eigenvalue weighted by Crippen LogP contribution is -2.30. The molecule has 164 valence electrons. The summed E-state index contributed by atoms with van der Waals surface area (Å²) >= 11 is 1.34. The van der Waals surface area contributed by atoms with Crippen molar-refractivity contribution in [1.82, 2.24) is 14.3 Å². The maximum atomic E-state index is 12.9. The highest BCUT2D eigenvalue weighted by Gasteiger charge is 2.26. The zero-order valence-electron chi connectivity index (χ0n) is 17.7. The summed E-state index contributed by atoms with van der Waals surface area (Å²) in [4.78, 5) is 20.8. The molecule has 1 heterocycles. The van der Waals surface area contributed by atoms with Gasteiger partial charge in [-0.25, -0.2) is 18.4 Å². The number of hydrogen-bond acceptors (Lipinski definition) is 8. The van der Waals surface area contributed by atoms with Crippen LogP contribution < -0.4 is 15.8 Å². The summed E-state index contributed by atoms with van der Waals surface area (Å²) in [6.45, 7) is 6.12. The number of methoxy groups -OCH3 is 1. The fourth-order valence-corrected chi connectivity index (χ4v) is 4.96. The Labute approximate surface area is 181 Å². The van der Waals surface area contributed by atoms with Gasteiger partial charge in [0.1, 0.15) is 22.0 Å². The number of primary amides is 1. The van der Waals surface area contributed by atoms with Gasteiger partial charge in [0.15, 0.2) is 5.16 Å². The van der Waals surface area contributed by atoms with E-state index in [1.54, 1.807) is 26.0 Å². The lowest BCUT2D eigenvalue weighted by molar-refractivity contribution is 0.0999. The molecule has 1 aromatic heterocycles. The Kier molecular flexibility index (Phi) is 8.04. The molecule has 11 heteroatoms. The zero-order chi connectivity index (χ0) is 22.5. The molecule has 0 saturated heterocycles. The molecule has 9 nitrogen and oxygen atoms in total. The normalized spacial score (nSPS) is 11.5. The average molecular weight is 454 g/mol. The number of carbonyl (C=O) groups is 1. The van der Waals surface area contributed by atoms with E-state index >= 15 is 0 Å². The van der Waals surface area contributed by atoms with Crippen molar-refractivity contribution in [3.8, 4) is 5.75 Å². The van der Waals surface area contributed by atoms with E-state index in [4.69, 9.17) is 10.5 Å². The van der Waals surface area contributed by atoms with Crippen molar-refractivity contribution in [3.63, 3.8) is 0 Å². The number of anilines is 2. The van der Waals surface area contributed by atoms with Crippen molar-refractivity contribution >= 4 is 39.2 Å². The Hall–Kier alpha value is -2.37. The number of aromatic nitrogens is 2. The highest BCUT2D eigenvalue weighted by molar-refractivity contribution is 7.98. The molecule has 1 aromatic carbocycles. The van der Waals surface area contributed by atoms with Gasteiger partial charge in [0, 0.05) is 24.8 Å². The number of nitrogens with one attached hydrogen (secondary N) is 1. The van der Waals surface area contributed by atoms with Gasteiger partial charge in [-0.1, -0.05) is 32.5 Å². The van der Waals surface area contributed by atoms with Crippen molar-refractivity contribution in [2.45, 2.75) is 37.2 Å². The van der Waals surface area contributed by atoms with E-state index in [1.807, 2.05) is 13.2 Å². The zero-order valence-corrected chi connectivity index (χ0v) is 19.4. The number of nitrogens with zero attached hydrogens (tertiary/aromatic N) is 3. The van der Waals surface area contributed by atoms with E-state index in [9.17, 15) is 13.2 Å². The summed E-state index contributed by atoms with van der Waals surface area (Å²) in [5, 5.41) is 3.55. The largest absolute Gasteiger partial charge is 0.495 e. The minimum Gasteiger partial charge on any atom is -0.495 e. The Morgan fingerprint density at radius 1 is 1.23 bits per heavy atom. The molecule has 0 aliphatic heterocycles. The molecule has 0 atom stereocenters. The fraction of sp³-hybridized carbons (Fsp3) is 0.421. The van der Waals surface area contributed by atoms with Crippen LogP contribution in [0.15, 0.2) is 28.3 Å². The number of amides is 1. The molecule has 3 N–H and O–H groups in total.